The van der Waals surface area contributed by atoms with Crippen LogP contribution in [0.4, 0.5) is 0 Å². The van der Waals surface area contributed by atoms with Gasteiger partial charge < -0.3 is 14.6 Å². The predicted octanol–water partition coefficient (Wildman–Crippen LogP) is 1.32. The number of benzene rings is 1. The summed E-state index contributed by atoms with van der Waals surface area (Å²) in [5.74, 6) is -0.174. The van der Waals surface area contributed by atoms with Crippen molar-refractivity contribution in [2.24, 2.45) is 0 Å². The van der Waals surface area contributed by atoms with Crippen molar-refractivity contribution in [1.82, 2.24) is 14.8 Å². The van der Waals surface area contributed by atoms with Gasteiger partial charge in [0, 0.05) is 38.7 Å². The zero-order valence-corrected chi connectivity index (χ0v) is 14.3. The number of ether oxygens (including phenoxy) is 1. The number of nitrogens with one attached hydrogen (secondary N) is 1. The Kier molecular flexibility index (Phi) is 4.69. The van der Waals surface area contributed by atoms with Crippen LogP contribution in [0.2, 0.25) is 0 Å². The molecule has 1 aliphatic heterocycles. The molecule has 1 saturated heterocycles. The number of aromatic nitrogens is 1. The van der Waals surface area contributed by atoms with Gasteiger partial charge >= 0.3 is 0 Å². The van der Waals surface area contributed by atoms with Crippen molar-refractivity contribution in [1.29, 1.82) is 0 Å². The molecular weight excluding hydrogens is 306 g/mol. The minimum atomic E-state index is -0.234. The molecule has 0 bridgehead atoms. The molecule has 1 N–H and O–H groups in total. The molecule has 2 atom stereocenters. The highest BCUT2D eigenvalue weighted by Crippen LogP contribution is 2.19. The summed E-state index contributed by atoms with van der Waals surface area (Å²) in [6.07, 6.45) is 1.11. The molecule has 3 rings (SSSR count). The third-order valence-corrected chi connectivity index (χ3v) is 4.80. The van der Waals surface area contributed by atoms with Gasteiger partial charge in [-0.25, -0.2) is 0 Å². The zero-order valence-electron chi connectivity index (χ0n) is 14.3. The Hall–Kier alpha value is -2.18. The lowest BCUT2D eigenvalue weighted by Gasteiger charge is -2.25. The number of fused-ring (bicyclic) bond motifs is 1. The monoisotopic (exact) mass is 329 g/mol. The van der Waals surface area contributed by atoms with Crippen LogP contribution in [-0.2, 0) is 4.74 Å². The number of hydrogen-bond donors (Lipinski definition) is 1. The Morgan fingerprint density at radius 3 is 2.88 bits per heavy atom. The largest absolute Gasteiger partial charge is 0.380 e. The first kappa shape index (κ1) is 16.7. The van der Waals surface area contributed by atoms with Gasteiger partial charge in [-0.3, -0.25) is 14.5 Å². The average Bonchev–Trinajstić information content (AvgIpc) is 2.94. The maximum absolute atomic E-state index is 12.7. The maximum Gasteiger partial charge on any atom is 0.270 e. The number of aromatic amines is 1. The van der Waals surface area contributed by atoms with Crippen LogP contribution in [-0.4, -0.2) is 67.1 Å². The van der Waals surface area contributed by atoms with Gasteiger partial charge in [-0.1, -0.05) is 18.2 Å². The summed E-state index contributed by atoms with van der Waals surface area (Å²) in [4.78, 5) is 31.4. The highest BCUT2D eigenvalue weighted by molar-refractivity contribution is 5.96. The second kappa shape index (κ2) is 6.75. The first-order valence-electron chi connectivity index (χ1n) is 8.10. The van der Waals surface area contributed by atoms with E-state index in [0.717, 1.165) is 18.4 Å². The summed E-state index contributed by atoms with van der Waals surface area (Å²) in [5.41, 5.74) is 0.0902. The molecule has 1 amide bonds. The SMILES string of the molecule is CO[C@H]1C[C@@H](CN(C)C(=O)c2cc3ccccc3c(=O)[nH]2)N(C)C1. The van der Waals surface area contributed by atoms with E-state index in [0.29, 0.717) is 17.6 Å². The van der Waals surface area contributed by atoms with E-state index in [4.69, 9.17) is 4.74 Å². The van der Waals surface area contributed by atoms with Gasteiger partial charge in [-0.15, -0.1) is 0 Å². The highest BCUT2D eigenvalue weighted by atomic mass is 16.5. The Labute approximate surface area is 141 Å². The number of H-pyrrole nitrogens is 1. The number of pyridine rings is 1. The fraction of sp³-hybridized carbons (Fsp3) is 0.444. The van der Waals surface area contributed by atoms with E-state index in [2.05, 4.69) is 9.88 Å². The molecule has 1 aromatic carbocycles. The molecule has 24 heavy (non-hydrogen) atoms. The Morgan fingerprint density at radius 2 is 2.17 bits per heavy atom. The second-order valence-corrected chi connectivity index (χ2v) is 6.47. The van der Waals surface area contributed by atoms with E-state index < -0.39 is 0 Å². The molecule has 0 saturated carbocycles. The van der Waals surface area contributed by atoms with Crippen LogP contribution in [0.5, 0.6) is 0 Å². The summed E-state index contributed by atoms with van der Waals surface area (Å²) in [6, 6.07) is 9.27. The maximum atomic E-state index is 12.7. The number of carbonyl (C=O) groups is 1. The van der Waals surface area contributed by atoms with Crippen molar-refractivity contribution in [3.63, 3.8) is 0 Å². The van der Waals surface area contributed by atoms with Gasteiger partial charge in [0.25, 0.3) is 11.5 Å². The van der Waals surface area contributed by atoms with E-state index in [-0.39, 0.29) is 23.6 Å². The van der Waals surface area contributed by atoms with Crippen molar-refractivity contribution in [2.75, 3.05) is 34.3 Å². The number of methoxy groups -OCH3 is 1. The van der Waals surface area contributed by atoms with E-state index >= 15 is 0 Å². The Balaban J connectivity index is 1.77. The molecular formula is C18H23N3O3. The second-order valence-electron chi connectivity index (χ2n) is 6.47. The van der Waals surface area contributed by atoms with Crippen molar-refractivity contribution >= 4 is 16.7 Å². The standard InChI is InChI=1S/C18H23N3O3/c1-20-11-14(24-3)9-13(20)10-21(2)18(23)16-8-12-6-4-5-7-15(12)17(22)19-16/h4-8,13-14H,9-11H2,1-3H3,(H,19,22)/t13-,14-/m0/s1. The molecule has 6 nitrogen and oxygen atoms in total. The van der Waals surface area contributed by atoms with E-state index in [1.165, 1.54) is 0 Å². The molecule has 2 aromatic rings. The third kappa shape index (κ3) is 3.20. The van der Waals surface area contributed by atoms with Gasteiger partial charge in [0.1, 0.15) is 5.69 Å². The molecule has 0 spiro atoms. The molecule has 1 aliphatic rings. The topological polar surface area (TPSA) is 65.6 Å². The molecule has 1 fully saturated rings. The van der Waals surface area contributed by atoms with Gasteiger partial charge in [0.2, 0.25) is 0 Å². The zero-order chi connectivity index (χ0) is 17.3. The number of nitrogens with zero attached hydrogens (tertiary/aromatic N) is 2. The van der Waals surface area contributed by atoms with Crippen LogP contribution < -0.4 is 5.56 Å². The van der Waals surface area contributed by atoms with Crippen LogP contribution in [0.3, 0.4) is 0 Å². The normalized spacial score (nSPS) is 21.3. The van der Waals surface area contributed by atoms with Gasteiger partial charge in [-0.2, -0.15) is 0 Å². The Morgan fingerprint density at radius 1 is 1.42 bits per heavy atom. The van der Waals surface area contributed by atoms with E-state index in [1.54, 1.807) is 31.2 Å². The number of likely N-dealkylation sites (N-methyl/N-ethyl adjacent to an activating group) is 2. The number of carbonyl (C=O) groups excluding carboxylic acids is 1. The first-order valence-corrected chi connectivity index (χ1v) is 8.10. The molecule has 2 heterocycles. The van der Waals surface area contributed by atoms with Gasteiger partial charge in [0.05, 0.1) is 6.10 Å². The fourth-order valence-corrected chi connectivity index (χ4v) is 3.34. The summed E-state index contributed by atoms with van der Waals surface area (Å²) in [6.45, 7) is 1.47. The molecule has 128 valence electrons. The lowest BCUT2D eigenvalue weighted by molar-refractivity contribution is 0.0754. The van der Waals surface area contributed by atoms with Crippen LogP contribution in [0, 0.1) is 0 Å². The lowest BCUT2D eigenvalue weighted by Crippen LogP contribution is -2.40. The fourth-order valence-electron chi connectivity index (χ4n) is 3.34. The number of amides is 1. The quantitative estimate of drug-likeness (QED) is 0.919. The number of likely N-dealkylation sites (tertiary alicyclic amines) is 1. The van der Waals surface area contributed by atoms with Crippen LogP contribution in [0.25, 0.3) is 10.8 Å². The smallest absolute Gasteiger partial charge is 0.270 e. The minimum Gasteiger partial charge on any atom is -0.380 e. The van der Waals surface area contributed by atoms with Crippen LogP contribution >= 0.6 is 0 Å². The summed E-state index contributed by atoms with van der Waals surface area (Å²) < 4.78 is 5.41. The van der Waals surface area contributed by atoms with Crippen molar-refractivity contribution in [3.05, 3.63) is 46.4 Å². The predicted molar refractivity (Wildman–Crippen MR) is 93.4 cm³/mol. The number of hydrogen-bond acceptors (Lipinski definition) is 4. The number of rotatable bonds is 4. The molecule has 0 unspecified atom stereocenters. The highest BCUT2D eigenvalue weighted by Gasteiger charge is 2.31. The first-order chi connectivity index (χ1) is 11.5. The van der Waals surface area contributed by atoms with Crippen molar-refractivity contribution in [2.45, 2.75) is 18.6 Å². The summed E-state index contributed by atoms with van der Waals surface area (Å²) in [7, 11) is 5.53. The van der Waals surface area contributed by atoms with Crippen LogP contribution in [0.1, 0.15) is 16.9 Å². The summed E-state index contributed by atoms with van der Waals surface area (Å²) >= 11 is 0. The summed E-state index contributed by atoms with van der Waals surface area (Å²) in [5, 5.41) is 1.37. The van der Waals surface area contributed by atoms with Gasteiger partial charge in [0.15, 0.2) is 0 Å². The Bertz CT molecular complexity index is 801. The molecule has 0 radical (unpaired) electrons. The molecule has 1 aromatic heterocycles. The molecule has 6 heteroatoms. The van der Waals surface area contributed by atoms with Crippen molar-refractivity contribution < 1.29 is 9.53 Å². The average molecular weight is 329 g/mol. The minimum absolute atomic E-state index is 0.174. The molecule has 0 aliphatic carbocycles. The van der Waals surface area contributed by atoms with Crippen molar-refractivity contribution in [3.8, 4) is 0 Å². The lowest BCUT2D eigenvalue weighted by atomic mass is 10.1. The van der Waals surface area contributed by atoms with Crippen LogP contribution in [0.15, 0.2) is 35.1 Å². The third-order valence-electron chi connectivity index (χ3n) is 4.80. The van der Waals surface area contributed by atoms with E-state index in [1.807, 2.05) is 25.2 Å². The van der Waals surface area contributed by atoms with Gasteiger partial charge in [-0.05, 0) is 31.0 Å². The van der Waals surface area contributed by atoms with E-state index in [9.17, 15) is 9.59 Å².